The summed E-state index contributed by atoms with van der Waals surface area (Å²) < 4.78 is 5.10. The Morgan fingerprint density at radius 3 is 2.46 bits per heavy atom. The van der Waals surface area contributed by atoms with Crippen LogP contribution in [-0.4, -0.2) is 68.0 Å². The molecule has 1 saturated heterocycles. The number of benzene rings is 1. The van der Waals surface area contributed by atoms with Crippen LogP contribution in [0, 0.1) is 5.92 Å². The Morgan fingerprint density at radius 2 is 1.75 bits per heavy atom. The smallest absolute Gasteiger partial charge is 0.251 e. The molecule has 2 fully saturated rings. The number of nitrogens with zero attached hydrogens (tertiary/aromatic N) is 2. The third-order valence-electron chi connectivity index (χ3n) is 5.93. The van der Waals surface area contributed by atoms with Gasteiger partial charge in [0.15, 0.2) is 0 Å². The predicted molar refractivity (Wildman–Crippen MR) is 110 cm³/mol. The molecule has 1 aliphatic carbocycles. The Balaban J connectivity index is 1.42. The minimum atomic E-state index is -0.232. The third-order valence-corrected chi connectivity index (χ3v) is 5.93. The molecule has 3 rings (SSSR count). The number of ether oxygens (including phenoxy) is 1. The molecule has 0 spiro atoms. The number of carbonyl (C=O) groups excluding carboxylic acids is 2. The number of rotatable bonds is 6. The van der Waals surface area contributed by atoms with Crippen LogP contribution in [0.25, 0.3) is 0 Å². The zero-order valence-electron chi connectivity index (χ0n) is 17.0. The van der Waals surface area contributed by atoms with Gasteiger partial charge in [-0.05, 0) is 56.0 Å². The summed E-state index contributed by atoms with van der Waals surface area (Å²) >= 11 is 0. The Kier molecular flexibility index (Phi) is 7.71. The molecule has 1 N–H and O–H groups in total. The lowest BCUT2D eigenvalue weighted by Crippen LogP contribution is -2.42. The zero-order chi connectivity index (χ0) is 19.8. The molecule has 1 saturated carbocycles. The third kappa shape index (κ3) is 5.96. The quantitative estimate of drug-likeness (QED) is 0.815. The second-order valence-corrected chi connectivity index (χ2v) is 7.95. The van der Waals surface area contributed by atoms with Crippen molar-refractivity contribution in [1.29, 1.82) is 0 Å². The van der Waals surface area contributed by atoms with Gasteiger partial charge in [-0.2, -0.15) is 0 Å². The maximum atomic E-state index is 12.6. The lowest BCUT2D eigenvalue weighted by atomic mass is 9.89. The SMILES string of the molecule is COc1ccc(C(=O)NCC(=O)N2CCCN(CC3CCCCC3)CC2)cc1. The first-order chi connectivity index (χ1) is 13.7. The van der Waals surface area contributed by atoms with Crippen LogP contribution in [-0.2, 0) is 4.79 Å². The largest absolute Gasteiger partial charge is 0.497 e. The molecule has 2 amide bonds. The van der Waals surface area contributed by atoms with E-state index in [9.17, 15) is 9.59 Å². The van der Waals surface area contributed by atoms with Gasteiger partial charge in [0.2, 0.25) is 5.91 Å². The van der Waals surface area contributed by atoms with Gasteiger partial charge < -0.3 is 19.9 Å². The zero-order valence-corrected chi connectivity index (χ0v) is 17.0. The van der Waals surface area contributed by atoms with Gasteiger partial charge in [-0.25, -0.2) is 0 Å². The molecule has 1 aliphatic heterocycles. The van der Waals surface area contributed by atoms with Gasteiger partial charge in [0.1, 0.15) is 5.75 Å². The molecule has 2 aliphatic rings. The first-order valence-electron chi connectivity index (χ1n) is 10.6. The standard InChI is InChI=1S/C22H33N3O3/c1-28-20-10-8-19(9-11-20)22(27)23-16-21(26)25-13-5-12-24(14-15-25)17-18-6-3-2-4-7-18/h8-11,18H,2-7,12-17H2,1H3,(H,23,27). The molecule has 0 radical (unpaired) electrons. The van der Waals surface area contributed by atoms with E-state index in [1.54, 1.807) is 31.4 Å². The molecule has 0 aromatic heterocycles. The van der Waals surface area contributed by atoms with E-state index in [2.05, 4.69) is 10.2 Å². The van der Waals surface area contributed by atoms with Crippen LogP contribution in [0.4, 0.5) is 0 Å². The van der Waals surface area contributed by atoms with E-state index in [1.807, 2.05) is 4.90 Å². The Labute approximate surface area is 168 Å². The number of nitrogens with one attached hydrogen (secondary N) is 1. The van der Waals surface area contributed by atoms with Crippen LogP contribution >= 0.6 is 0 Å². The lowest BCUT2D eigenvalue weighted by molar-refractivity contribution is -0.130. The van der Waals surface area contributed by atoms with E-state index in [-0.39, 0.29) is 18.4 Å². The van der Waals surface area contributed by atoms with Crippen LogP contribution in [0.15, 0.2) is 24.3 Å². The summed E-state index contributed by atoms with van der Waals surface area (Å²) in [6.07, 6.45) is 7.85. The first-order valence-corrected chi connectivity index (χ1v) is 10.6. The fourth-order valence-corrected chi connectivity index (χ4v) is 4.25. The molecule has 1 heterocycles. The van der Waals surface area contributed by atoms with E-state index in [0.29, 0.717) is 11.3 Å². The normalized spacial score (nSPS) is 19.1. The summed E-state index contributed by atoms with van der Waals surface area (Å²) in [4.78, 5) is 29.2. The number of amides is 2. The molecule has 0 unspecified atom stereocenters. The molecular weight excluding hydrogens is 354 g/mol. The van der Waals surface area contributed by atoms with Crippen molar-refractivity contribution in [3.8, 4) is 5.75 Å². The monoisotopic (exact) mass is 387 g/mol. The molecular formula is C22H33N3O3. The minimum Gasteiger partial charge on any atom is -0.497 e. The first kappa shape index (κ1) is 20.6. The van der Waals surface area contributed by atoms with E-state index < -0.39 is 0 Å². The van der Waals surface area contributed by atoms with Gasteiger partial charge in [0.25, 0.3) is 5.91 Å². The average molecular weight is 388 g/mol. The molecule has 6 heteroatoms. The summed E-state index contributed by atoms with van der Waals surface area (Å²) in [6, 6.07) is 6.89. The van der Waals surface area contributed by atoms with Crippen molar-refractivity contribution in [3.05, 3.63) is 29.8 Å². The second kappa shape index (κ2) is 10.5. The van der Waals surface area contributed by atoms with E-state index in [4.69, 9.17) is 4.74 Å². The van der Waals surface area contributed by atoms with Crippen molar-refractivity contribution < 1.29 is 14.3 Å². The molecule has 154 valence electrons. The number of hydrogen-bond acceptors (Lipinski definition) is 4. The van der Waals surface area contributed by atoms with Crippen molar-refractivity contribution >= 4 is 11.8 Å². The van der Waals surface area contributed by atoms with Gasteiger partial charge in [-0.15, -0.1) is 0 Å². The Bertz CT molecular complexity index is 641. The van der Waals surface area contributed by atoms with Gasteiger partial charge >= 0.3 is 0 Å². The van der Waals surface area contributed by atoms with Gasteiger partial charge in [-0.1, -0.05) is 19.3 Å². The molecule has 0 atom stereocenters. The molecule has 1 aromatic rings. The van der Waals surface area contributed by atoms with Crippen LogP contribution in [0.3, 0.4) is 0 Å². The number of hydrogen-bond donors (Lipinski definition) is 1. The summed E-state index contributed by atoms with van der Waals surface area (Å²) in [7, 11) is 1.59. The van der Waals surface area contributed by atoms with Crippen LogP contribution in [0.2, 0.25) is 0 Å². The Morgan fingerprint density at radius 1 is 1.00 bits per heavy atom. The molecule has 28 heavy (non-hydrogen) atoms. The van der Waals surface area contributed by atoms with Crippen LogP contribution in [0.1, 0.15) is 48.9 Å². The summed E-state index contributed by atoms with van der Waals surface area (Å²) in [5, 5.41) is 2.75. The highest BCUT2D eigenvalue weighted by molar-refractivity contribution is 5.96. The highest BCUT2D eigenvalue weighted by Gasteiger charge is 2.22. The molecule has 6 nitrogen and oxygen atoms in total. The second-order valence-electron chi connectivity index (χ2n) is 7.95. The van der Waals surface area contributed by atoms with Crippen molar-refractivity contribution in [1.82, 2.24) is 15.1 Å². The highest BCUT2D eigenvalue weighted by Crippen LogP contribution is 2.24. The van der Waals surface area contributed by atoms with Gasteiger partial charge in [0.05, 0.1) is 13.7 Å². The topological polar surface area (TPSA) is 61.9 Å². The highest BCUT2D eigenvalue weighted by atomic mass is 16.5. The van der Waals surface area contributed by atoms with E-state index in [1.165, 1.54) is 38.6 Å². The summed E-state index contributed by atoms with van der Waals surface area (Å²) in [5.41, 5.74) is 0.531. The van der Waals surface area contributed by atoms with Crippen molar-refractivity contribution in [3.63, 3.8) is 0 Å². The number of methoxy groups -OCH3 is 1. The van der Waals surface area contributed by atoms with Gasteiger partial charge in [0, 0.05) is 31.7 Å². The van der Waals surface area contributed by atoms with Crippen LogP contribution < -0.4 is 10.1 Å². The number of carbonyl (C=O) groups is 2. The fourth-order valence-electron chi connectivity index (χ4n) is 4.25. The fraction of sp³-hybridized carbons (Fsp3) is 0.636. The van der Waals surface area contributed by atoms with Crippen molar-refractivity contribution in [2.45, 2.75) is 38.5 Å². The van der Waals surface area contributed by atoms with Gasteiger partial charge in [-0.3, -0.25) is 9.59 Å². The summed E-state index contributed by atoms with van der Waals surface area (Å²) in [6.45, 7) is 4.76. The maximum Gasteiger partial charge on any atom is 0.251 e. The summed E-state index contributed by atoms with van der Waals surface area (Å²) in [5.74, 6) is 1.31. The predicted octanol–water partition coefficient (Wildman–Crippen LogP) is 2.54. The molecule has 0 bridgehead atoms. The van der Waals surface area contributed by atoms with E-state index in [0.717, 1.165) is 38.5 Å². The molecule has 1 aromatic carbocycles. The van der Waals surface area contributed by atoms with Crippen molar-refractivity contribution in [2.24, 2.45) is 5.92 Å². The Hall–Kier alpha value is -2.08. The van der Waals surface area contributed by atoms with Crippen LogP contribution in [0.5, 0.6) is 5.75 Å². The average Bonchev–Trinajstić information content (AvgIpc) is 2.98. The maximum absolute atomic E-state index is 12.6. The van der Waals surface area contributed by atoms with Crippen molar-refractivity contribution in [2.75, 3.05) is 46.4 Å². The van der Waals surface area contributed by atoms with E-state index >= 15 is 0 Å². The lowest BCUT2D eigenvalue weighted by Gasteiger charge is -2.28. The minimum absolute atomic E-state index is 0.00128.